The van der Waals surface area contributed by atoms with Gasteiger partial charge in [0.1, 0.15) is 5.69 Å². The van der Waals surface area contributed by atoms with Gasteiger partial charge in [0.05, 0.1) is 28.2 Å². The van der Waals surface area contributed by atoms with Crippen molar-refractivity contribution in [3.05, 3.63) is 90.8 Å². The van der Waals surface area contributed by atoms with Crippen LogP contribution in [0.4, 0.5) is 33.3 Å². The van der Waals surface area contributed by atoms with Crippen LogP contribution in [0.15, 0.2) is 42.0 Å². The molecule has 0 bridgehead atoms. The molecule has 51 heavy (non-hydrogen) atoms. The van der Waals surface area contributed by atoms with Gasteiger partial charge in [-0.05, 0) is 83.7 Å². The number of fused-ring (bicyclic) bond motifs is 4. The number of methoxy groups -OCH3 is 1. The number of halogens is 9. The van der Waals surface area contributed by atoms with Crippen molar-refractivity contribution in [2.24, 2.45) is 17.8 Å². The topological polar surface area (TPSA) is 104 Å². The molecule has 1 N–H and O–H groups in total. The summed E-state index contributed by atoms with van der Waals surface area (Å²) in [5.74, 6) is -22.1. The van der Waals surface area contributed by atoms with Crippen molar-refractivity contribution < 1.29 is 51.0 Å². The van der Waals surface area contributed by atoms with E-state index in [0.717, 1.165) is 4.90 Å². The van der Waals surface area contributed by atoms with Gasteiger partial charge in [0.2, 0.25) is 17.6 Å². The molecule has 3 aromatic carbocycles. The maximum Gasteiger partial charge on any atom is 0.258 e. The number of carbonyl (C=O) groups excluding carboxylic acids is 4. The molecule has 2 aliphatic carbocycles. The first kappa shape index (κ1) is 35.9. The first-order valence-corrected chi connectivity index (χ1v) is 17.3. The zero-order valence-electron chi connectivity index (χ0n) is 26.0. The van der Waals surface area contributed by atoms with Gasteiger partial charge < -0.3 is 9.84 Å². The maximum absolute atomic E-state index is 15.3. The average Bonchev–Trinajstić information content (AvgIpc) is 3.43. The lowest BCUT2D eigenvalue weighted by Gasteiger charge is -2.50. The Labute approximate surface area is 314 Å². The summed E-state index contributed by atoms with van der Waals surface area (Å²) in [5.41, 5.74) is -0.685. The number of hydrogen-bond acceptors (Lipinski definition) is 6. The van der Waals surface area contributed by atoms with Gasteiger partial charge >= 0.3 is 0 Å². The second kappa shape index (κ2) is 12.0. The number of rotatable bonds is 4. The van der Waals surface area contributed by atoms with Crippen molar-refractivity contribution >= 4 is 92.4 Å². The Morgan fingerprint density at radius 3 is 2.12 bits per heavy atom. The Hall–Kier alpha value is -3.47. The highest BCUT2D eigenvalue weighted by atomic mass is 127. The molecule has 6 atom stereocenters. The number of aromatic hydroxyl groups is 1. The number of nitrogens with zero attached hydrogens (tertiary/aromatic N) is 2. The molecule has 3 aromatic rings. The number of phenols is 1. The summed E-state index contributed by atoms with van der Waals surface area (Å²) < 4.78 is 79.0. The molecular weight excluding hydrogens is 861 g/mol. The van der Waals surface area contributed by atoms with E-state index in [2.05, 4.69) is 0 Å². The van der Waals surface area contributed by atoms with E-state index < -0.39 is 98.2 Å². The molecule has 3 fully saturated rings. The zero-order chi connectivity index (χ0) is 37.2. The molecule has 4 aliphatic rings. The van der Waals surface area contributed by atoms with Crippen molar-refractivity contribution in [1.29, 1.82) is 0 Å². The summed E-state index contributed by atoms with van der Waals surface area (Å²) in [5, 5.41) is 10.9. The predicted molar refractivity (Wildman–Crippen MR) is 182 cm³/mol. The van der Waals surface area contributed by atoms with Crippen molar-refractivity contribution in [3.63, 3.8) is 0 Å². The van der Waals surface area contributed by atoms with Crippen molar-refractivity contribution in [2.45, 2.75) is 35.4 Å². The minimum atomic E-state index is -2.72. The van der Waals surface area contributed by atoms with Crippen LogP contribution in [0, 0.1) is 57.3 Å². The summed E-state index contributed by atoms with van der Waals surface area (Å²) in [6, 6.07) is 7.25. The molecule has 2 heterocycles. The summed E-state index contributed by atoms with van der Waals surface area (Å²) in [6.07, 6.45) is 0.858. The Kier molecular flexibility index (Phi) is 8.47. The number of imide groups is 2. The number of carbonyl (C=O) groups is 4. The van der Waals surface area contributed by atoms with Gasteiger partial charge in [-0.15, -0.1) is 23.2 Å². The number of ether oxygens (including phenoxy) is 1. The van der Waals surface area contributed by atoms with Crippen LogP contribution in [0.3, 0.4) is 0 Å². The largest absolute Gasteiger partial charge is 0.504 e. The molecule has 7 rings (SSSR count). The molecule has 0 radical (unpaired) electrons. The van der Waals surface area contributed by atoms with E-state index in [1.165, 1.54) is 31.4 Å². The van der Waals surface area contributed by atoms with E-state index >= 15 is 8.78 Å². The first-order chi connectivity index (χ1) is 23.9. The minimum absolute atomic E-state index is 0.0499. The Morgan fingerprint density at radius 2 is 1.51 bits per heavy atom. The highest BCUT2D eigenvalue weighted by Crippen LogP contribution is 2.66. The van der Waals surface area contributed by atoms with Crippen LogP contribution in [0.5, 0.6) is 11.5 Å². The molecule has 0 unspecified atom stereocenters. The molecule has 8 nitrogen and oxygen atoms in total. The van der Waals surface area contributed by atoms with Gasteiger partial charge in [-0.1, -0.05) is 29.3 Å². The first-order valence-electron chi connectivity index (χ1n) is 15.1. The smallest absolute Gasteiger partial charge is 0.258 e. The van der Waals surface area contributed by atoms with Crippen LogP contribution in [0.1, 0.15) is 29.9 Å². The Bertz CT molecular complexity index is 2160. The molecule has 0 aromatic heterocycles. The molecule has 1 saturated carbocycles. The maximum atomic E-state index is 15.3. The van der Waals surface area contributed by atoms with Crippen LogP contribution in [-0.2, 0) is 19.2 Å². The third-order valence-corrected chi connectivity index (χ3v) is 12.9. The van der Waals surface area contributed by atoms with Crippen LogP contribution in [0.25, 0.3) is 0 Å². The number of alkyl halides is 2. The summed E-state index contributed by atoms with van der Waals surface area (Å²) >= 11 is 22.4. The van der Waals surface area contributed by atoms with E-state index in [4.69, 9.17) is 39.5 Å². The Balaban J connectivity index is 1.45. The van der Waals surface area contributed by atoms with Crippen LogP contribution in [-0.4, -0.2) is 45.6 Å². The standard InChI is InChI=1S/C34H21Cl3F5IN2O6/c1-11-3-4-13(9-17(11)35)44-29(47)15-6-5-14-16(20(15)30(44)48)10-33(36)31(49)45(27-25(41)23(39)22(38)24(40)26(27)42)32(50)34(33,37)21(14)12-7-18(43)28(46)19(8-12)51-2/h3-5,7-9,15-16,20-21,46H,6,10H2,1-2H3/t15-,16+,20-,21-,33+,34-/m0/s1. The molecule has 2 saturated heterocycles. The fourth-order valence-corrected chi connectivity index (χ4v) is 9.57. The van der Waals surface area contributed by atoms with Crippen molar-refractivity contribution in [2.75, 3.05) is 16.9 Å². The van der Waals surface area contributed by atoms with E-state index in [1.54, 1.807) is 41.7 Å². The average molecular weight is 882 g/mol. The van der Waals surface area contributed by atoms with Gasteiger partial charge in [-0.2, -0.15) is 0 Å². The predicted octanol–water partition coefficient (Wildman–Crippen LogP) is 7.43. The number of amides is 4. The molecule has 2 aliphatic heterocycles. The normalized spacial score (nSPS) is 28.6. The van der Waals surface area contributed by atoms with E-state index in [0.29, 0.717) is 5.56 Å². The SMILES string of the molecule is COc1cc([C@H]2C3=CC[C@@H]4C(=O)N(c5ccc(C)c(Cl)c5)C(=O)[C@@H]4[C@@H]3C[C@@]3(Cl)C(=O)N(c4c(F)c(F)c(F)c(F)c4F)C(=O)[C@@]23Cl)cc(I)c1O. The minimum Gasteiger partial charge on any atom is -0.504 e. The lowest BCUT2D eigenvalue weighted by molar-refractivity contribution is -0.125. The zero-order valence-corrected chi connectivity index (χ0v) is 30.4. The molecule has 17 heteroatoms. The van der Waals surface area contributed by atoms with Gasteiger partial charge in [0.25, 0.3) is 11.8 Å². The van der Waals surface area contributed by atoms with Crippen molar-refractivity contribution in [3.8, 4) is 11.5 Å². The van der Waals surface area contributed by atoms with Gasteiger partial charge in [0, 0.05) is 10.9 Å². The molecule has 0 spiro atoms. The molecular formula is C34H21Cl3F5IN2O6. The third-order valence-electron chi connectivity index (χ3n) is 10.2. The Morgan fingerprint density at radius 1 is 0.882 bits per heavy atom. The molecule has 4 amide bonds. The third kappa shape index (κ3) is 4.67. The van der Waals surface area contributed by atoms with Crippen LogP contribution < -0.4 is 14.5 Å². The number of anilines is 2. The van der Waals surface area contributed by atoms with E-state index in [9.17, 15) is 37.5 Å². The second-order valence-corrected chi connectivity index (χ2v) is 15.5. The second-order valence-electron chi connectivity index (χ2n) is 12.7. The number of allylic oxidation sites excluding steroid dienone is 2. The number of phenolic OH excluding ortho intramolecular Hbond substituents is 1. The summed E-state index contributed by atoms with van der Waals surface area (Å²) in [4.78, 5) is 52.2. The highest BCUT2D eigenvalue weighted by molar-refractivity contribution is 14.1. The lowest BCUT2D eigenvalue weighted by Crippen LogP contribution is -2.60. The van der Waals surface area contributed by atoms with Crippen LogP contribution >= 0.6 is 57.4 Å². The fourth-order valence-electron chi connectivity index (χ4n) is 7.83. The number of aryl methyl sites for hydroxylation is 1. The van der Waals surface area contributed by atoms with Crippen LogP contribution in [0.2, 0.25) is 5.02 Å². The van der Waals surface area contributed by atoms with Gasteiger partial charge in [0.15, 0.2) is 44.5 Å². The van der Waals surface area contributed by atoms with E-state index in [-0.39, 0.29) is 48.2 Å². The van der Waals surface area contributed by atoms with E-state index in [1.807, 2.05) is 0 Å². The quantitative estimate of drug-likeness (QED) is 0.0557. The summed E-state index contributed by atoms with van der Waals surface area (Å²) in [7, 11) is 1.23. The van der Waals surface area contributed by atoms with Gasteiger partial charge in [-0.25, -0.2) is 31.8 Å². The van der Waals surface area contributed by atoms with Gasteiger partial charge in [-0.3, -0.25) is 19.2 Å². The number of hydrogen-bond donors (Lipinski definition) is 1. The fraction of sp³-hybridized carbons (Fsp3) is 0.294. The lowest BCUT2D eigenvalue weighted by atomic mass is 9.56. The van der Waals surface area contributed by atoms with Crippen molar-refractivity contribution in [1.82, 2.24) is 0 Å². The highest BCUT2D eigenvalue weighted by Gasteiger charge is 2.77. The number of benzene rings is 3. The summed E-state index contributed by atoms with van der Waals surface area (Å²) in [6.45, 7) is 1.73. The monoisotopic (exact) mass is 880 g/mol. The molecule has 266 valence electrons.